The number of aromatic nitrogens is 1. The van der Waals surface area contributed by atoms with Crippen molar-refractivity contribution in [3.8, 4) is 0 Å². The van der Waals surface area contributed by atoms with Crippen LogP contribution in [0, 0.1) is 0 Å². The van der Waals surface area contributed by atoms with Crippen LogP contribution >= 0.6 is 22.9 Å². The molecule has 6 heteroatoms. The van der Waals surface area contributed by atoms with Crippen LogP contribution in [0.2, 0.25) is 0 Å². The summed E-state index contributed by atoms with van der Waals surface area (Å²) < 4.78 is 5.39. The van der Waals surface area contributed by atoms with Crippen molar-refractivity contribution in [3.05, 3.63) is 16.1 Å². The molecule has 2 heterocycles. The molecule has 1 unspecified atom stereocenters. The Morgan fingerprint density at radius 1 is 1.69 bits per heavy atom. The Bertz CT molecular complexity index is 334. The number of aliphatic hydroxyl groups excluding tert-OH is 1. The van der Waals surface area contributed by atoms with Crippen molar-refractivity contribution in [2.24, 2.45) is 0 Å². The highest BCUT2D eigenvalue weighted by Gasteiger charge is 2.20. The van der Waals surface area contributed by atoms with Gasteiger partial charge in [0.15, 0.2) is 0 Å². The molecule has 1 fully saturated rings. The van der Waals surface area contributed by atoms with Gasteiger partial charge in [-0.3, -0.25) is 4.90 Å². The predicted octanol–water partition coefficient (Wildman–Crippen LogP) is 1.08. The average molecular weight is 263 g/mol. The second-order valence-corrected chi connectivity index (χ2v) is 4.99. The van der Waals surface area contributed by atoms with Crippen LogP contribution in [0.1, 0.15) is 10.7 Å². The third kappa shape index (κ3) is 3.15. The number of hydrogen-bond acceptors (Lipinski definition) is 5. The van der Waals surface area contributed by atoms with E-state index in [1.54, 1.807) is 11.3 Å². The number of alkyl halides is 1. The molecule has 0 bridgehead atoms. The van der Waals surface area contributed by atoms with Crippen molar-refractivity contribution in [1.29, 1.82) is 0 Å². The second-order valence-electron chi connectivity index (χ2n) is 3.78. The number of nitrogens with zero attached hydrogens (tertiary/aromatic N) is 2. The Kier molecular flexibility index (Phi) is 4.55. The lowest BCUT2D eigenvalue weighted by molar-refractivity contribution is -0.0551. The number of morpholine rings is 1. The Labute approximate surface area is 104 Å². The molecule has 1 saturated heterocycles. The van der Waals surface area contributed by atoms with E-state index in [2.05, 4.69) is 9.88 Å². The molecule has 1 N–H and O–H groups in total. The van der Waals surface area contributed by atoms with Crippen LogP contribution in [-0.2, 0) is 17.2 Å². The van der Waals surface area contributed by atoms with Gasteiger partial charge in [-0.1, -0.05) is 0 Å². The first-order valence-corrected chi connectivity index (χ1v) is 6.67. The van der Waals surface area contributed by atoms with E-state index in [1.807, 2.05) is 5.38 Å². The maximum Gasteiger partial charge on any atom is 0.107 e. The molecule has 0 aromatic carbocycles. The summed E-state index contributed by atoms with van der Waals surface area (Å²) in [5, 5.41) is 12.1. The summed E-state index contributed by atoms with van der Waals surface area (Å²) in [5.74, 6) is 0.471. The zero-order valence-electron chi connectivity index (χ0n) is 8.93. The Balaban J connectivity index is 1.88. The van der Waals surface area contributed by atoms with Gasteiger partial charge in [-0.05, 0) is 0 Å². The molecular formula is C10H15ClN2O2S. The highest BCUT2D eigenvalue weighted by molar-refractivity contribution is 7.09. The molecule has 4 nitrogen and oxygen atoms in total. The minimum absolute atomic E-state index is 0.0544. The number of halogens is 1. The molecule has 2 rings (SSSR count). The van der Waals surface area contributed by atoms with E-state index in [1.165, 1.54) is 0 Å². The van der Waals surface area contributed by atoms with E-state index >= 15 is 0 Å². The molecule has 0 aliphatic carbocycles. The Morgan fingerprint density at radius 2 is 2.56 bits per heavy atom. The van der Waals surface area contributed by atoms with E-state index < -0.39 is 0 Å². The first kappa shape index (κ1) is 12.3. The lowest BCUT2D eigenvalue weighted by Gasteiger charge is -2.31. The molecular weight excluding hydrogens is 248 g/mol. The minimum Gasteiger partial charge on any atom is -0.394 e. The normalized spacial score (nSPS) is 22.5. The molecule has 0 radical (unpaired) electrons. The van der Waals surface area contributed by atoms with E-state index in [4.69, 9.17) is 21.4 Å². The SMILES string of the molecule is OCC1CN(Cc2nc(CCl)cs2)CCO1. The maximum absolute atomic E-state index is 9.03. The Morgan fingerprint density at radius 3 is 3.25 bits per heavy atom. The molecule has 1 aromatic rings. The highest BCUT2D eigenvalue weighted by atomic mass is 35.5. The molecule has 1 aliphatic rings. The zero-order chi connectivity index (χ0) is 11.4. The standard InChI is InChI=1S/C10H15ClN2O2S/c11-3-8-7-16-10(12-8)5-13-1-2-15-9(4-13)6-14/h7,9,14H,1-6H2. The fourth-order valence-corrected chi connectivity index (χ4v) is 2.77. The summed E-state index contributed by atoms with van der Waals surface area (Å²) in [5.41, 5.74) is 0.939. The average Bonchev–Trinajstić information content (AvgIpc) is 2.77. The van der Waals surface area contributed by atoms with Crippen molar-refractivity contribution in [1.82, 2.24) is 9.88 Å². The van der Waals surface area contributed by atoms with Gasteiger partial charge < -0.3 is 9.84 Å². The quantitative estimate of drug-likeness (QED) is 0.825. The van der Waals surface area contributed by atoms with Crippen LogP contribution in [-0.4, -0.2) is 47.4 Å². The fourth-order valence-electron chi connectivity index (χ4n) is 1.71. The zero-order valence-corrected chi connectivity index (χ0v) is 10.5. The molecule has 1 aliphatic heterocycles. The van der Waals surface area contributed by atoms with Crippen molar-refractivity contribution in [2.45, 2.75) is 18.5 Å². The molecule has 0 saturated carbocycles. The smallest absolute Gasteiger partial charge is 0.107 e. The van der Waals surface area contributed by atoms with E-state index in [9.17, 15) is 0 Å². The van der Waals surface area contributed by atoms with Gasteiger partial charge in [-0.2, -0.15) is 0 Å². The number of hydrogen-bond donors (Lipinski definition) is 1. The number of thiazole rings is 1. The van der Waals surface area contributed by atoms with Gasteiger partial charge in [-0.25, -0.2) is 4.98 Å². The second kappa shape index (κ2) is 5.93. The third-order valence-electron chi connectivity index (χ3n) is 2.52. The summed E-state index contributed by atoms with van der Waals surface area (Å²) in [4.78, 5) is 6.67. The van der Waals surface area contributed by atoms with E-state index in [0.717, 1.165) is 30.3 Å². The lowest BCUT2D eigenvalue weighted by Crippen LogP contribution is -2.43. The van der Waals surface area contributed by atoms with Gasteiger partial charge in [0.25, 0.3) is 0 Å². The van der Waals surface area contributed by atoms with Crippen molar-refractivity contribution in [3.63, 3.8) is 0 Å². The van der Waals surface area contributed by atoms with E-state index in [-0.39, 0.29) is 12.7 Å². The van der Waals surface area contributed by atoms with Gasteiger partial charge in [0.1, 0.15) is 5.01 Å². The highest BCUT2D eigenvalue weighted by Crippen LogP contribution is 2.15. The molecule has 1 atom stereocenters. The van der Waals surface area contributed by atoms with Gasteiger partial charge in [0.2, 0.25) is 0 Å². The largest absolute Gasteiger partial charge is 0.394 e. The predicted molar refractivity (Wildman–Crippen MR) is 63.8 cm³/mol. The molecule has 0 spiro atoms. The number of ether oxygens (including phenoxy) is 1. The van der Waals surface area contributed by atoms with Gasteiger partial charge >= 0.3 is 0 Å². The lowest BCUT2D eigenvalue weighted by atomic mass is 10.3. The molecule has 16 heavy (non-hydrogen) atoms. The van der Waals surface area contributed by atoms with Crippen LogP contribution in [0.5, 0.6) is 0 Å². The summed E-state index contributed by atoms with van der Waals surface area (Å²) in [7, 11) is 0. The molecule has 0 amide bonds. The fraction of sp³-hybridized carbons (Fsp3) is 0.700. The van der Waals surface area contributed by atoms with Crippen LogP contribution in [0.25, 0.3) is 0 Å². The minimum atomic E-state index is -0.0544. The van der Waals surface area contributed by atoms with Gasteiger partial charge in [-0.15, -0.1) is 22.9 Å². The monoisotopic (exact) mass is 262 g/mol. The summed E-state index contributed by atoms with van der Waals surface area (Å²) in [6, 6.07) is 0. The number of aliphatic hydroxyl groups is 1. The van der Waals surface area contributed by atoms with Crippen LogP contribution in [0.4, 0.5) is 0 Å². The maximum atomic E-state index is 9.03. The summed E-state index contributed by atoms with van der Waals surface area (Å²) >= 11 is 7.34. The molecule has 90 valence electrons. The summed E-state index contributed by atoms with van der Waals surface area (Å²) in [6.07, 6.45) is -0.0544. The first-order chi connectivity index (χ1) is 7.81. The van der Waals surface area contributed by atoms with E-state index in [0.29, 0.717) is 12.5 Å². The van der Waals surface area contributed by atoms with Crippen molar-refractivity contribution in [2.75, 3.05) is 26.3 Å². The van der Waals surface area contributed by atoms with Crippen molar-refractivity contribution < 1.29 is 9.84 Å². The third-order valence-corrected chi connectivity index (χ3v) is 3.68. The molecule has 1 aromatic heterocycles. The first-order valence-electron chi connectivity index (χ1n) is 5.26. The van der Waals surface area contributed by atoms with Crippen LogP contribution in [0.3, 0.4) is 0 Å². The Hall–Kier alpha value is -0.200. The van der Waals surface area contributed by atoms with Crippen molar-refractivity contribution >= 4 is 22.9 Å². The van der Waals surface area contributed by atoms with Crippen LogP contribution < -0.4 is 0 Å². The van der Waals surface area contributed by atoms with Gasteiger partial charge in [0.05, 0.1) is 37.4 Å². The topological polar surface area (TPSA) is 45.6 Å². The van der Waals surface area contributed by atoms with Crippen LogP contribution in [0.15, 0.2) is 5.38 Å². The number of rotatable bonds is 4. The van der Waals surface area contributed by atoms with Gasteiger partial charge in [0, 0.05) is 18.5 Å². The summed E-state index contributed by atoms with van der Waals surface area (Å²) in [6.45, 7) is 3.25.